The zero-order valence-corrected chi connectivity index (χ0v) is 17.7. The van der Waals surface area contributed by atoms with Gasteiger partial charge in [-0.1, -0.05) is 17.8 Å². The minimum absolute atomic E-state index is 0.0341. The summed E-state index contributed by atoms with van der Waals surface area (Å²) in [7, 11) is -1.81. The Balaban J connectivity index is 1.92. The van der Waals surface area contributed by atoms with Gasteiger partial charge in [0.2, 0.25) is 10.0 Å². The van der Waals surface area contributed by atoms with Gasteiger partial charge in [-0.05, 0) is 56.3 Å². The molecule has 0 radical (unpaired) electrons. The zero-order valence-electron chi connectivity index (χ0n) is 16.1. The van der Waals surface area contributed by atoms with E-state index in [0.717, 1.165) is 16.0 Å². The van der Waals surface area contributed by atoms with Crippen LogP contribution in [-0.4, -0.2) is 55.8 Å². The number of nitro benzene ring substituents is 1. The second kappa shape index (κ2) is 8.20. The first kappa shape index (κ1) is 20.8. The molecule has 0 atom stereocenters. The maximum atomic E-state index is 12.9. The molecule has 28 heavy (non-hydrogen) atoms. The predicted molar refractivity (Wildman–Crippen MR) is 109 cm³/mol. The molecule has 2 aromatic rings. The minimum atomic E-state index is -3.75. The summed E-state index contributed by atoms with van der Waals surface area (Å²) in [4.78, 5) is 14.4. The average Bonchev–Trinajstić information content (AvgIpc) is 2.65. The molecule has 1 fully saturated rings. The van der Waals surface area contributed by atoms with E-state index in [4.69, 9.17) is 0 Å². The topological polar surface area (TPSA) is 83.8 Å². The summed E-state index contributed by atoms with van der Waals surface area (Å²) in [6.45, 7) is 6.03. The number of nitrogens with zero attached hydrogens (tertiary/aromatic N) is 3. The molecule has 0 spiro atoms. The Morgan fingerprint density at radius 1 is 1.00 bits per heavy atom. The van der Waals surface area contributed by atoms with Crippen LogP contribution in [-0.2, 0) is 10.0 Å². The Bertz CT molecular complexity index is 1000. The molecule has 1 saturated heterocycles. The lowest BCUT2D eigenvalue weighted by atomic mass is 10.1. The van der Waals surface area contributed by atoms with E-state index >= 15 is 0 Å². The van der Waals surface area contributed by atoms with Gasteiger partial charge in [-0.15, -0.1) is 0 Å². The van der Waals surface area contributed by atoms with Crippen LogP contribution in [0.4, 0.5) is 5.69 Å². The maximum Gasteiger partial charge on any atom is 0.284 e. The Kier molecular flexibility index (Phi) is 6.09. The monoisotopic (exact) mass is 421 g/mol. The molecule has 0 aromatic heterocycles. The van der Waals surface area contributed by atoms with Crippen molar-refractivity contribution in [1.82, 2.24) is 9.21 Å². The van der Waals surface area contributed by atoms with Gasteiger partial charge in [0.25, 0.3) is 5.69 Å². The van der Waals surface area contributed by atoms with Gasteiger partial charge in [0, 0.05) is 37.1 Å². The lowest BCUT2D eigenvalue weighted by Gasteiger charge is -2.31. The maximum absolute atomic E-state index is 12.9. The van der Waals surface area contributed by atoms with Crippen molar-refractivity contribution in [3.8, 4) is 0 Å². The third-order valence-corrected chi connectivity index (χ3v) is 7.88. The first-order valence-electron chi connectivity index (χ1n) is 8.91. The van der Waals surface area contributed by atoms with Crippen LogP contribution in [0.1, 0.15) is 11.1 Å². The summed E-state index contributed by atoms with van der Waals surface area (Å²) in [6.07, 6.45) is 0. The third kappa shape index (κ3) is 4.38. The van der Waals surface area contributed by atoms with Crippen molar-refractivity contribution in [3.63, 3.8) is 0 Å². The Labute approximate surface area is 169 Å². The number of sulfonamides is 1. The predicted octanol–water partition coefficient (Wildman–Crippen LogP) is 3.30. The van der Waals surface area contributed by atoms with Gasteiger partial charge >= 0.3 is 0 Å². The summed E-state index contributed by atoms with van der Waals surface area (Å²) in [5, 5.41) is 11.6. The van der Waals surface area contributed by atoms with E-state index in [2.05, 4.69) is 4.90 Å². The lowest BCUT2D eigenvalue weighted by Crippen LogP contribution is -2.47. The van der Waals surface area contributed by atoms with Crippen LogP contribution in [0.2, 0.25) is 0 Å². The Morgan fingerprint density at radius 2 is 1.68 bits per heavy atom. The second-order valence-corrected chi connectivity index (χ2v) is 10.00. The number of hydrogen-bond acceptors (Lipinski definition) is 6. The molecule has 0 N–H and O–H groups in total. The fourth-order valence-corrected chi connectivity index (χ4v) is 5.41. The SMILES string of the molecule is Cc1ccc(Sc2ccc(S(=O)(=O)N3CCN(C)CC3)cc2[N+](=O)[O-])cc1C. The average molecular weight is 422 g/mol. The standard InChI is InChI=1S/C19H23N3O4S2/c1-14-4-5-16(12-15(14)2)27-19-7-6-17(13-18(19)22(23)24)28(25,26)21-10-8-20(3)9-11-21/h4-7,12-13H,8-11H2,1-3H3. The molecule has 3 rings (SSSR count). The molecule has 2 aromatic carbocycles. The highest BCUT2D eigenvalue weighted by molar-refractivity contribution is 7.99. The van der Waals surface area contributed by atoms with Crippen molar-refractivity contribution in [3.05, 3.63) is 57.6 Å². The molecule has 0 amide bonds. The smallest absolute Gasteiger partial charge is 0.284 e. The third-order valence-electron chi connectivity index (χ3n) is 4.93. The largest absolute Gasteiger partial charge is 0.304 e. The quantitative estimate of drug-likeness (QED) is 0.544. The highest BCUT2D eigenvalue weighted by Crippen LogP contribution is 2.37. The summed E-state index contributed by atoms with van der Waals surface area (Å²) in [5.74, 6) is 0. The van der Waals surface area contributed by atoms with Gasteiger partial charge in [0.05, 0.1) is 14.7 Å². The van der Waals surface area contributed by atoms with Gasteiger partial charge in [0.15, 0.2) is 0 Å². The normalized spacial score (nSPS) is 16.2. The van der Waals surface area contributed by atoms with Crippen molar-refractivity contribution in [2.75, 3.05) is 33.2 Å². The van der Waals surface area contributed by atoms with E-state index < -0.39 is 14.9 Å². The number of piperazine rings is 1. The van der Waals surface area contributed by atoms with Gasteiger partial charge in [-0.3, -0.25) is 10.1 Å². The fourth-order valence-electron chi connectivity index (χ4n) is 2.97. The van der Waals surface area contributed by atoms with Gasteiger partial charge in [-0.2, -0.15) is 4.31 Å². The molecule has 0 aliphatic carbocycles. The van der Waals surface area contributed by atoms with Crippen LogP contribution in [0.5, 0.6) is 0 Å². The van der Waals surface area contributed by atoms with E-state index in [9.17, 15) is 18.5 Å². The van der Waals surface area contributed by atoms with Crippen LogP contribution in [0, 0.1) is 24.0 Å². The molecule has 0 unspecified atom stereocenters. The molecule has 9 heteroatoms. The summed E-state index contributed by atoms with van der Waals surface area (Å²) in [5.41, 5.74) is 2.05. The molecule has 7 nitrogen and oxygen atoms in total. The highest BCUT2D eigenvalue weighted by Gasteiger charge is 2.29. The van der Waals surface area contributed by atoms with Gasteiger partial charge in [0.1, 0.15) is 0 Å². The van der Waals surface area contributed by atoms with E-state index in [1.165, 1.54) is 34.3 Å². The molecule has 1 heterocycles. The molecule has 0 saturated carbocycles. The van der Waals surface area contributed by atoms with E-state index in [-0.39, 0.29) is 10.6 Å². The molecule has 150 valence electrons. The molecule has 1 aliphatic heterocycles. The first-order chi connectivity index (χ1) is 13.2. The minimum Gasteiger partial charge on any atom is -0.304 e. The van der Waals surface area contributed by atoms with E-state index in [1.54, 1.807) is 0 Å². The van der Waals surface area contributed by atoms with Gasteiger partial charge < -0.3 is 4.90 Å². The Hall–Kier alpha value is -1.94. The molecular weight excluding hydrogens is 398 g/mol. The Morgan fingerprint density at radius 3 is 2.29 bits per heavy atom. The number of rotatable bonds is 5. The number of nitro groups is 1. The van der Waals surface area contributed by atoms with Gasteiger partial charge in [-0.25, -0.2) is 8.42 Å². The first-order valence-corrected chi connectivity index (χ1v) is 11.2. The fraction of sp³-hybridized carbons (Fsp3) is 0.368. The number of likely N-dealkylation sites (N-methyl/N-ethyl adjacent to an activating group) is 1. The van der Waals surface area contributed by atoms with Crippen molar-refractivity contribution < 1.29 is 13.3 Å². The lowest BCUT2D eigenvalue weighted by molar-refractivity contribution is -0.388. The van der Waals surface area contributed by atoms with Crippen LogP contribution in [0.3, 0.4) is 0 Å². The van der Waals surface area contributed by atoms with Crippen molar-refractivity contribution in [2.45, 2.75) is 28.5 Å². The van der Waals surface area contributed by atoms with Crippen molar-refractivity contribution >= 4 is 27.5 Å². The molecular formula is C19H23N3O4S2. The number of aryl methyl sites for hydroxylation is 2. The van der Waals surface area contributed by atoms with Crippen LogP contribution in [0.15, 0.2) is 51.1 Å². The molecule has 0 bridgehead atoms. The van der Waals surface area contributed by atoms with E-state index in [1.807, 2.05) is 39.1 Å². The van der Waals surface area contributed by atoms with E-state index in [0.29, 0.717) is 31.1 Å². The zero-order chi connectivity index (χ0) is 20.5. The van der Waals surface area contributed by atoms with Crippen molar-refractivity contribution in [2.24, 2.45) is 0 Å². The number of benzene rings is 2. The number of hydrogen-bond donors (Lipinski definition) is 0. The van der Waals surface area contributed by atoms with Crippen molar-refractivity contribution in [1.29, 1.82) is 0 Å². The molecule has 1 aliphatic rings. The summed E-state index contributed by atoms with van der Waals surface area (Å²) in [6, 6.07) is 10.0. The van der Waals surface area contributed by atoms with Crippen LogP contribution in [0.25, 0.3) is 0 Å². The second-order valence-electron chi connectivity index (χ2n) is 6.94. The van der Waals surface area contributed by atoms with Crippen LogP contribution < -0.4 is 0 Å². The summed E-state index contributed by atoms with van der Waals surface area (Å²) < 4.78 is 27.2. The highest BCUT2D eigenvalue weighted by atomic mass is 32.2. The van der Waals surface area contributed by atoms with Crippen LogP contribution >= 0.6 is 11.8 Å². The summed E-state index contributed by atoms with van der Waals surface area (Å²) >= 11 is 1.26.